The third kappa shape index (κ3) is 3.60. The summed E-state index contributed by atoms with van der Waals surface area (Å²) in [6.07, 6.45) is -0.0725. The van der Waals surface area contributed by atoms with Crippen LogP contribution < -0.4 is 16.2 Å². The molecule has 7 heteroatoms. The van der Waals surface area contributed by atoms with Gasteiger partial charge in [0.2, 0.25) is 0 Å². The molecule has 0 radical (unpaired) electrons. The highest BCUT2D eigenvalue weighted by Gasteiger charge is 2.42. The summed E-state index contributed by atoms with van der Waals surface area (Å²) >= 11 is 0. The Balaban J connectivity index is 2.59. The molecule has 0 saturated heterocycles. The maximum absolute atomic E-state index is 14.7. The van der Waals surface area contributed by atoms with E-state index in [0.29, 0.717) is 22.6 Å². The van der Waals surface area contributed by atoms with Crippen LogP contribution in [0.25, 0.3) is 0 Å². The van der Waals surface area contributed by atoms with E-state index in [1.807, 2.05) is 6.07 Å². The smallest absolute Gasteiger partial charge is 0.254 e. The molecule has 4 N–H and O–H groups in total. The van der Waals surface area contributed by atoms with Crippen LogP contribution in [0, 0.1) is 17.1 Å². The summed E-state index contributed by atoms with van der Waals surface area (Å²) in [6.45, 7) is 1.81. The molecule has 0 aliphatic carbocycles. The van der Waals surface area contributed by atoms with E-state index < -0.39 is 17.3 Å². The molecule has 1 atom stereocenters. The number of hydrogen-bond donors (Lipinski definition) is 2. The molecule has 2 rings (SSSR count). The predicted molar refractivity (Wildman–Crippen MR) is 94.7 cm³/mol. The number of hydrogen-bond acceptors (Lipinski definition) is 5. The standard InChI is InChI=1S/C19H20FN3O3/c1-3-26-19(18(23)24,15-7-6-14(25-2)9-16(15)20)10-13-5-4-12(11-21)8-17(13)22/h4-9H,3,10,22H2,1-2H3,(H2,23,24). The van der Waals surface area contributed by atoms with Crippen molar-refractivity contribution in [1.82, 2.24) is 0 Å². The van der Waals surface area contributed by atoms with Gasteiger partial charge in [0, 0.05) is 30.3 Å². The Morgan fingerprint density at radius 1 is 1.31 bits per heavy atom. The fraction of sp³-hybridized carbons (Fsp3) is 0.263. The van der Waals surface area contributed by atoms with Crippen LogP contribution >= 0.6 is 0 Å². The number of nitrogen functional groups attached to an aromatic ring is 1. The number of nitrogens with two attached hydrogens (primary N) is 2. The van der Waals surface area contributed by atoms with Gasteiger partial charge >= 0.3 is 0 Å². The zero-order valence-electron chi connectivity index (χ0n) is 14.6. The molecular formula is C19H20FN3O3. The van der Waals surface area contributed by atoms with Crippen LogP contribution in [0.15, 0.2) is 36.4 Å². The topological polar surface area (TPSA) is 111 Å². The van der Waals surface area contributed by atoms with Gasteiger partial charge in [-0.3, -0.25) is 4.79 Å². The minimum absolute atomic E-state index is 0.00332. The monoisotopic (exact) mass is 357 g/mol. The van der Waals surface area contributed by atoms with Gasteiger partial charge in [-0.2, -0.15) is 5.26 Å². The molecule has 1 amide bonds. The quantitative estimate of drug-likeness (QED) is 0.738. The molecule has 0 saturated carbocycles. The molecule has 0 fully saturated rings. The number of carbonyl (C=O) groups is 1. The molecule has 2 aromatic rings. The average molecular weight is 357 g/mol. The summed E-state index contributed by atoms with van der Waals surface area (Å²) < 4.78 is 25.4. The number of ether oxygens (including phenoxy) is 2. The van der Waals surface area contributed by atoms with Crippen LogP contribution in [0.1, 0.15) is 23.6 Å². The first-order valence-corrected chi connectivity index (χ1v) is 7.94. The summed E-state index contributed by atoms with van der Waals surface area (Å²) in [5, 5.41) is 8.96. The van der Waals surface area contributed by atoms with Crippen molar-refractivity contribution in [2.24, 2.45) is 5.73 Å². The van der Waals surface area contributed by atoms with E-state index in [1.54, 1.807) is 19.1 Å². The van der Waals surface area contributed by atoms with Crippen molar-refractivity contribution in [3.05, 3.63) is 58.9 Å². The number of primary amides is 1. The lowest BCUT2D eigenvalue weighted by Crippen LogP contribution is -2.46. The van der Waals surface area contributed by atoms with Gasteiger partial charge in [-0.1, -0.05) is 6.07 Å². The first-order valence-electron chi connectivity index (χ1n) is 7.94. The highest BCUT2D eigenvalue weighted by atomic mass is 19.1. The first-order chi connectivity index (χ1) is 12.4. The molecule has 0 aliphatic heterocycles. The van der Waals surface area contributed by atoms with Gasteiger partial charge in [-0.25, -0.2) is 4.39 Å². The second-order valence-corrected chi connectivity index (χ2v) is 5.67. The van der Waals surface area contributed by atoms with E-state index >= 15 is 0 Å². The third-order valence-electron chi connectivity index (χ3n) is 4.11. The van der Waals surface area contributed by atoms with E-state index in [9.17, 15) is 9.18 Å². The molecule has 136 valence electrons. The van der Waals surface area contributed by atoms with Crippen LogP contribution in [0.5, 0.6) is 5.75 Å². The Morgan fingerprint density at radius 2 is 2.04 bits per heavy atom. The molecular weight excluding hydrogens is 337 g/mol. The van der Waals surface area contributed by atoms with Crippen LogP contribution in [0.2, 0.25) is 0 Å². The van der Waals surface area contributed by atoms with Crippen molar-refractivity contribution >= 4 is 11.6 Å². The fourth-order valence-corrected chi connectivity index (χ4v) is 2.81. The van der Waals surface area contributed by atoms with Crippen molar-refractivity contribution in [3.8, 4) is 11.8 Å². The number of anilines is 1. The number of rotatable bonds is 7. The van der Waals surface area contributed by atoms with Crippen molar-refractivity contribution in [3.63, 3.8) is 0 Å². The van der Waals surface area contributed by atoms with E-state index in [0.717, 1.165) is 6.07 Å². The second kappa shape index (κ2) is 7.85. The van der Waals surface area contributed by atoms with Gasteiger partial charge in [0.15, 0.2) is 5.60 Å². The highest BCUT2D eigenvalue weighted by molar-refractivity contribution is 5.86. The number of halogens is 1. The highest BCUT2D eigenvalue weighted by Crippen LogP contribution is 2.35. The molecule has 1 unspecified atom stereocenters. The van der Waals surface area contributed by atoms with E-state index in [4.69, 9.17) is 26.2 Å². The molecule has 0 bridgehead atoms. The lowest BCUT2D eigenvalue weighted by molar-refractivity contribution is -0.145. The zero-order chi connectivity index (χ0) is 19.3. The molecule has 0 spiro atoms. The summed E-state index contributed by atoms with van der Waals surface area (Å²) in [4.78, 5) is 12.4. The second-order valence-electron chi connectivity index (χ2n) is 5.67. The number of nitriles is 1. The Bertz CT molecular complexity index is 864. The fourth-order valence-electron chi connectivity index (χ4n) is 2.81. The Kier molecular flexibility index (Phi) is 5.80. The average Bonchev–Trinajstić information content (AvgIpc) is 2.62. The molecule has 2 aromatic carbocycles. The maximum Gasteiger partial charge on any atom is 0.254 e. The minimum atomic E-state index is -1.74. The van der Waals surface area contributed by atoms with Gasteiger partial charge in [-0.15, -0.1) is 0 Å². The number of methoxy groups -OCH3 is 1. The molecule has 0 aliphatic rings. The Labute approximate surface area is 151 Å². The van der Waals surface area contributed by atoms with Crippen LogP contribution in [0.4, 0.5) is 10.1 Å². The number of amides is 1. The molecule has 6 nitrogen and oxygen atoms in total. The summed E-state index contributed by atoms with van der Waals surface area (Å²) in [7, 11) is 1.41. The number of carbonyl (C=O) groups excluding carboxylic acids is 1. The van der Waals surface area contributed by atoms with Crippen molar-refractivity contribution < 1.29 is 18.7 Å². The predicted octanol–water partition coefficient (Wildman–Crippen LogP) is 2.25. The van der Waals surface area contributed by atoms with Gasteiger partial charge in [0.05, 0.1) is 18.7 Å². The van der Waals surface area contributed by atoms with Crippen molar-refractivity contribution in [2.75, 3.05) is 19.5 Å². The molecule has 26 heavy (non-hydrogen) atoms. The third-order valence-corrected chi connectivity index (χ3v) is 4.11. The van der Waals surface area contributed by atoms with Crippen LogP contribution in [-0.4, -0.2) is 19.6 Å². The van der Waals surface area contributed by atoms with Gasteiger partial charge < -0.3 is 20.9 Å². The van der Waals surface area contributed by atoms with Gasteiger partial charge in [-0.05, 0) is 36.8 Å². The number of benzene rings is 2. The van der Waals surface area contributed by atoms with E-state index in [-0.39, 0.29) is 18.6 Å². The zero-order valence-corrected chi connectivity index (χ0v) is 14.6. The van der Waals surface area contributed by atoms with Crippen molar-refractivity contribution in [1.29, 1.82) is 5.26 Å². The lowest BCUT2D eigenvalue weighted by Gasteiger charge is -2.32. The number of nitrogens with zero attached hydrogens (tertiary/aromatic N) is 1. The van der Waals surface area contributed by atoms with Crippen LogP contribution in [0.3, 0.4) is 0 Å². The first kappa shape index (κ1) is 19.2. The maximum atomic E-state index is 14.7. The lowest BCUT2D eigenvalue weighted by atomic mass is 9.85. The van der Waals surface area contributed by atoms with Gasteiger partial charge in [0.25, 0.3) is 5.91 Å². The minimum Gasteiger partial charge on any atom is -0.497 e. The van der Waals surface area contributed by atoms with E-state index in [2.05, 4.69) is 0 Å². The normalized spacial score (nSPS) is 12.8. The summed E-state index contributed by atoms with van der Waals surface area (Å²) in [5.41, 5.74) is 11.1. The summed E-state index contributed by atoms with van der Waals surface area (Å²) in [5.74, 6) is -1.21. The largest absolute Gasteiger partial charge is 0.497 e. The van der Waals surface area contributed by atoms with E-state index in [1.165, 1.54) is 25.3 Å². The van der Waals surface area contributed by atoms with Crippen molar-refractivity contribution in [2.45, 2.75) is 18.9 Å². The van der Waals surface area contributed by atoms with Gasteiger partial charge in [0.1, 0.15) is 11.6 Å². The van der Waals surface area contributed by atoms with Crippen LogP contribution in [-0.2, 0) is 21.6 Å². The molecule has 0 heterocycles. The Morgan fingerprint density at radius 3 is 2.54 bits per heavy atom. The Hall–Kier alpha value is -3.11. The molecule has 0 aromatic heterocycles. The SMILES string of the molecule is CCOC(Cc1ccc(C#N)cc1N)(C(N)=O)c1ccc(OC)cc1F. The summed E-state index contributed by atoms with van der Waals surface area (Å²) in [6, 6.07) is 10.7.